The number of aromatic nitrogens is 3. The molecule has 2 heterocycles. The largest absolute Gasteiger partial charge is 0.396 e. The van der Waals surface area contributed by atoms with Crippen LogP contribution in [0, 0.1) is 5.41 Å². The van der Waals surface area contributed by atoms with E-state index in [9.17, 15) is 9.90 Å². The number of H-pyrrole nitrogens is 1. The average Bonchev–Trinajstić information content (AvgIpc) is 3.10. The highest BCUT2D eigenvalue weighted by Gasteiger charge is 2.31. The van der Waals surface area contributed by atoms with Crippen molar-refractivity contribution in [3.63, 3.8) is 0 Å². The number of aromatic amines is 1. The summed E-state index contributed by atoms with van der Waals surface area (Å²) < 4.78 is 0. The van der Waals surface area contributed by atoms with E-state index in [1.165, 1.54) is 6.42 Å². The van der Waals surface area contributed by atoms with Gasteiger partial charge in [0.15, 0.2) is 0 Å². The average molecular weight is 343 g/mol. The number of pyridine rings is 1. The van der Waals surface area contributed by atoms with Crippen molar-refractivity contribution in [3.05, 3.63) is 30.6 Å². The SMILES string of the molecule is O=C(NCC1(CCO)CCCCC1)Nc1cn[nH]c1-c1ccccn1. The first-order chi connectivity index (χ1) is 12.2. The number of hydrogen-bond acceptors (Lipinski definition) is 4. The molecule has 1 aliphatic rings. The van der Waals surface area contributed by atoms with Crippen LogP contribution < -0.4 is 10.6 Å². The quantitative estimate of drug-likeness (QED) is 0.647. The molecule has 0 saturated heterocycles. The second-order valence-corrected chi connectivity index (χ2v) is 6.72. The van der Waals surface area contributed by atoms with Gasteiger partial charge in [-0.2, -0.15) is 5.10 Å². The zero-order valence-corrected chi connectivity index (χ0v) is 14.3. The summed E-state index contributed by atoms with van der Waals surface area (Å²) in [5.41, 5.74) is 2.01. The maximum atomic E-state index is 12.3. The van der Waals surface area contributed by atoms with Crippen molar-refractivity contribution in [2.24, 2.45) is 5.41 Å². The van der Waals surface area contributed by atoms with Crippen molar-refractivity contribution in [2.75, 3.05) is 18.5 Å². The van der Waals surface area contributed by atoms with Crippen LogP contribution in [0.25, 0.3) is 11.4 Å². The third-order valence-corrected chi connectivity index (χ3v) is 4.99. The molecule has 0 spiro atoms. The molecule has 0 atom stereocenters. The van der Waals surface area contributed by atoms with Crippen molar-refractivity contribution >= 4 is 11.7 Å². The summed E-state index contributed by atoms with van der Waals surface area (Å²) in [7, 11) is 0. The first-order valence-electron chi connectivity index (χ1n) is 8.83. The Bertz CT molecular complexity index is 674. The number of nitrogens with one attached hydrogen (secondary N) is 3. The molecule has 2 amide bonds. The second-order valence-electron chi connectivity index (χ2n) is 6.72. The zero-order valence-electron chi connectivity index (χ0n) is 14.3. The van der Waals surface area contributed by atoms with Gasteiger partial charge in [0.25, 0.3) is 0 Å². The lowest BCUT2D eigenvalue weighted by molar-refractivity contribution is 0.128. The van der Waals surface area contributed by atoms with Gasteiger partial charge in [0.05, 0.1) is 17.6 Å². The molecule has 7 nitrogen and oxygen atoms in total. The fourth-order valence-electron chi connectivity index (χ4n) is 3.58. The highest BCUT2D eigenvalue weighted by molar-refractivity contribution is 5.92. The molecular formula is C18H25N5O2. The fourth-order valence-corrected chi connectivity index (χ4v) is 3.58. The summed E-state index contributed by atoms with van der Waals surface area (Å²) in [4.78, 5) is 16.6. The summed E-state index contributed by atoms with van der Waals surface area (Å²) in [6.07, 6.45) is 9.68. The number of hydrogen-bond donors (Lipinski definition) is 4. The minimum Gasteiger partial charge on any atom is -0.396 e. The van der Waals surface area contributed by atoms with Crippen LogP contribution in [0.4, 0.5) is 10.5 Å². The minimum absolute atomic E-state index is 0.0184. The van der Waals surface area contributed by atoms with E-state index < -0.39 is 0 Å². The molecule has 134 valence electrons. The normalized spacial score (nSPS) is 16.4. The monoisotopic (exact) mass is 343 g/mol. The Morgan fingerprint density at radius 2 is 2.12 bits per heavy atom. The first-order valence-corrected chi connectivity index (χ1v) is 8.83. The molecule has 3 rings (SSSR count). The molecular weight excluding hydrogens is 318 g/mol. The minimum atomic E-state index is -0.263. The van der Waals surface area contributed by atoms with Crippen molar-refractivity contribution in [1.82, 2.24) is 20.5 Å². The Morgan fingerprint density at radius 3 is 2.84 bits per heavy atom. The summed E-state index contributed by atoms with van der Waals surface area (Å²) in [6.45, 7) is 0.741. The number of amides is 2. The van der Waals surface area contributed by atoms with Gasteiger partial charge in [0.2, 0.25) is 0 Å². The smallest absolute Gasteiger partial charge is 0.319 e. The summed E-state index contributed by atoms with van der Waals surface area (Å²) in [5.74, 6) is 0. The standard InChI is InChI=1S/C18H25N5O2/c24-11-9-18(7-3-1-4-8-18)13-20-17(25)22-15-12-21-23-16(15)14-6-2-5-10-19-14/h2,5-6,10,12,24H,1,3-4,7-9,11,13H2,(H,21,23)(H2,20,22,25). The molecule has 1 aliphatic carbocycles. The van der Waals surface area contributed by atoms with Crippen LogP contribution in [-0.4, -0.2) is 39.5 Å². The molecule has 2 aromatic rings. The number of carbonyl (C=O) groups is 1. The predicted molar refractivity (Wildman–Crippen MR) is 96.1 cm³/mol. The van der Waals surface area contributed by atoms with Crippen molar-refractivity contribution in [3.8, 4) is 11.4 Å². The molecule has 4 N–H and O–H groups in total. The predicted octanol–water partition coefficient (Wildman–Crippen LogP) is 2.93. The first kappa shape index (κ1) is 17.4. The van der Waals surface area contributed by atoms with Crippen molar-refractivity contribution in [2.45, 2.75) is 38.5 Å². The van der Waals surface area contributed by atoms with E-state index in [1.54, 1.807) is 12.4 Å². The number of nitrogens with zero attached hydrogens (tertiary/aromatic N) is 2. The van der Waals surface area contributed by atoms with Gasteiger partial charge in [-0.05, 0) is 36.8 Å². The third kappa shape index (κ3) is 4.36. The van der Waals surface area contributed by atoms with E-state index in [0.29, 0.717) is 17.9 Å². The molecule has 0 bridgehead atoms. The molecule has 0 radical (unpaired) electrons. The van der Waals surface area contributed by atoms with Crippen molar-refractivity contribution < 1.29 is 9.90 Å². The maximum absolute atomic E-state index is 12.3. The third-order valence-electron chi connectivity index (χ3n) is 4.99. The van der Waals surface area contributed by atoms with Gasteiger partial charge < -0.3 is 15.7 Å². The lowest BCUT2D eigenvalue weighted by Gasteiger charge is -2.37. The van der Waals surface area contributed by atoms with Crippen LogP contribution >= 0.6 is 0 Å². The molecule has 0 aromatic carbocycles. The van der Waals surface area contributed by atoms with Crippen molar-refractivity contribution in [1.29, 1.82) is 0 Å². The van der Waals surface area contributed by atoms with E-state index in [1.807, 2.05) is 18.2 Å². The number of anilines is 1. The highest BCUT2D eigenvalue weighted by Crippen LogP contribution is 2.38. The van der Waals surface area contributed by atoms with Gasteiger partial charge in [-0.25, -0.2) is 4.79 Å². The molecule has 1 saturated carbocycles. The Morgan fingerprint density at radius 1 is 1.28 bits per heavy atom. The van der Waals surface area contributed by atoms with Gasteiger partial charge in [-0.15, -0.1) is 0 Å². The summed E-state index contributed by atoms with van der Waals surface area (Å²) >= 11 is 0. The second kappa shape index (κ2) is 8.11. The van der Waals surface area contributed by atoms with E-state index in [4.69, 9.17) is 0 Å². The molecule has 1 fully saturated rings. The van der Waals surface area contributed by atoms with Gasteiger partial charge in [-0.3, -0.25) is 10.1 Å². The maximum Gasteiger partial charge on any atom is 0.319 e. The fraction of sp³-hybridized carbons (Fsp3) is 0.500. The van der Waals surface area contributed by atoms with Crippen LogP contribution in [0.3, 0.4) is 0 Å². The van der Waals surface area contributed by atoms with Gasteiger partial charge in [0.1, 0.15) is 5.69 Å². The summed E-state index contributed by atoms with van der Waals surface area (Å²) in [6, 6.07) is 5.31. The van der Waals surface area contributed by atoms with Crippen LogP contribution in [0.1, 0.15) is 38.5 Å². The van der Waals surface area contributed by atoms with E-state index >= 15 is 0 Å². The Hall–Kier alpha value is -2.41. The number of aliphatic hydroxyl groups excluding tert-OH is 1. The molecule has 2 aromatic heterocycles. The molecule has 7 heteroatoms. The molecule has 0 aliphatic heterocycles. The van der Waals surface area contributed by atoms with E-state index in [-0.39, 0.29) is 18.1 Å². The van der Waals surface area contributed by atoms with E-state index in [0.717, 1.165) is 37.8 Å². The van der Waals surface area contributed by atoms with Crippen LogP contribution in [0.5, 0.6) is 0 Å². The number of carbonyl (C=O) groups excluding carboxylic acids is 1. The lowest BCUT2D eigenvalue weighted by Crippen LogP contribution is -2.41. The van der Waals surface area contributed by atoms with E-state index in [2.05, 4.69) is 25.8 Å². The Kier molecular flexibility index (Phi) is 5.65. The van der Waals surface area contributed by atoms with Crippen LogP contribution in [0.2, 0.25) is 0 Å². The number of aliphatic hydroxyl groups is 1. The van der Waals surface area contributed by atoms with Crippen LogP contribution in [-0.2, 0) is 0 Å². The Balaban J connectivity index is 1.61. The number of urea groups is 1. The van der Waals surface area contributed by atoms with Gasteiger partial charge in [0, 0.05) is 19.3 Å². The highest BCUT2D eigenvalue weighted by atomic mass is 16.3. The topological polar surface area (TPSA) is 103 Å². The molecule has 25 heavy (non-hydrogen) atoms. The van der Waals surface area contributed by atoms with Gasteiger partial charge >= 0.3 is 6.03 Å². The molecule has 0 unspecified atom stereocenters. The summed E-state index contributed by atoms with van der Waals surface area (Å²) in [5, 5.41) is 22.1. The lowest BCUT2D eigenvalue weighted by atomic mass is 9.72. The van der Waals surface area contributed by atoms with Crippen LogP contribution in [0.15, 0.2) is 30.6 Å². The number of rotatable bonds is 6. The van der Waals surface area contributed by atoms with Gasteiger partial charge in [-0.1, -0.05) is 25.3 Å². The zero-order chi connectivity index (χ0) is 17.5. The Labute approximate surface area is 147 Å².